The van der Waals surface area contributed by atoms with Crippen LogP contribution in [-0.4, -0.2) is 55.5 Å². The summed E-state index contributed by atoms with van der Waals surface area (Å²) >= 11 is 5.88. The highest BCUT2D eigenvalue weighted by Gasteiger charge is 2.29. The van der Waals surface area contributed by atoms with E-state index >= 15 is 0 Å². The fourth-order valence-corrected chi connectivity index (χ4v) is 4.40. The smallest absolute Gasteiger partial charge is 0.309 e. The second-order valence-corrected chi connectivity index (χ2v) is 8.91. The van der Waals surface area contributed by atoms with Crippen molar-refractivity contribution in [2.45, 2.75) is 25.7 Å². The number of anilines is 2. The Morgan fingerprint density at radius 3 is 2.18 bits per heavy atom. The van der Waals surface area contributed by atoms with E-state index in [0.29, 0.717) is 42.2 Å². The largest absolute Gasteiger partial charge is 0.455 e. The molecule has 4 rings (SSSR count). The molecule has 8 heteroatoms. The molecule has 1 N–H and O–H groups in total. The number of piperidine rings is 1. The minimum absolute atomic E-state index is 0.0754. The SMILES string of the molecule is O=C(COC(=O)C1CCN(C(=O)c2ccc(Cl)cc2)CC1)Nc1ccc(N2CCCC2)cc1. The summed E-state index contributed by atoms with van der Waals surface area (Å²) in [6.07, 6.45) is 3.44. The van der Waals surface area contributed by atoms with Gasteiger partial charge in [0.1, 0.15) is 0 Å². The lowest BCUT2D eigenvalue weighted by molar-refractivity contribution is -0.152. The monoisotopic (exact) mass is 469 g/mol. The molecular weight excluding hydrogens is 442 g/mol. The highest BCUT2D eigenvalue weighted by atomic mass is 35.5. The normalized spacial score (nSPS) is 16.5. The number of benzene rings is 2. The van der Waals surface area contributed by atoms with Crippen molar-refractivity contribution in [3.05, 3.63) is 59.1 Å². The molecule has 174 valence electrons. The summed E-state index contributed by atoms with van der Waals surface area (Å²) in [4.78, 5) is 41.2. The number of carbonyl (C=O) groups is 3. The predicted octanol–water partition coefficient (Wildman–Crippen LogP) is 3.97. The molecule has 2 aromatic carbocycles. The molecule has 7 nitrogen and oxygen atoms in total. The fourth-order valence-electron chi connectivity index (χ4n) is 4.28. The van der Waals surface area contributed by atoms with E-state index in [1.807, 2.05) is 24.3 Å². The van der Waals surface area contributed by atoms with Crippen LogP contribution in [0, 0.1) is 5.92 Å². The van der Waals surface area contributed by atoms with Gasteiger partial charge in [-0.05, 0) is 74.2 Å². The van der Waals surface area contributed by atoms with Gasteiger partial charge in [-0.1, -0.05) is 11.6 Å². The number of esters is 1. The van der Waals surface area contributed by atoms with E-state index < -0.39 is 5.97 Å². The van der Waals surface area contributed by atoms with Crippen molar-refractivity contribution in [2.75, 3.05) is 43.0 Å². The van der Waals surface area contributed by atoms with Gasteiger partial charge in [-0.25, -0.2) is 0 Å². The highest BCUT2D eigenvalue weighted by Crippen LogP contribution is 2.23. The van der Waals surface area contributed by atoms with Crippen LogP contribution in [0.25, 0.3) is 0 Å². The van der Waals surface area contributed by atoms with Gasteiger partial charge in [0, 0.05) is 48.1 Å². The Hall–Kier alpha value is -3.06. The topological polar surface area (TPSA) is 79.0 Å². The number of hydrogen-bond acceptors (Lipinski definition) is 5. The molecule has 2 amide bonds. The Bertz CT molecular complexity index is 980. The van der Waals surface area contributed by atoms with Crippen molar-refractivity contribution < 1.29 is 19.1 Å². The molecule has 2 fully saturated rings. The summed E-state index contributed by atoms with van der Waals surface area (Å²) in [6.45, 7) is 2.75. The Kier molecular flexibility index (Phi) is 7.50. The zero-order valence-electron chi connectivity index (χ0n) is 18.5. The van der Waals surface area contributed by atoms with Gasteiger partial charge in [0.05, 0.1) is 5.92 Å². The van der Waals surface area contributed by atoms with Crippen molar-refractivity contribution in [1.29, 1.82) is 0 Å². The Morgan fingerprint density at radius 1 is 0.909 bits per heavy atom. The first-order valence-electron chi connectivity index (χ1n) is 11.4. The van der Waals surface area contributed by atoms with E-state index in [2.05, 4.69) is 10.2 Å². The maximum atomic E-state index is 12.6. The molecule has 2 aliphatic rings. The number of hydrogen-bond donors (Lipinski definition) is 1. The van der Waals surface area contributed by atoms with Crippen LogP contribution in [0.1, 0.15) is 36.0 Å². The van der Waals surface area contributed by atoms with Crippen LogP contribution in [0.15, 0.2) is 48.5 Å². The lowest BCUT2D eigenvalue weighted by Crippen LogP contribution is -2.41. The van der Waals surface area contributed by atoms with Crippen LogP contribution in [0.5, 0.6) is 0 Å². The molecule has 33 heavy (non-hydrogen) atoms. The lowest BCUT2D eigenvalue weighted by atomic mass is 9.96. The number of nitrogens with zero attached hydrogens (tertiary/aromatic N) is 2. The number of nitrogens with one attached hydrogen (secondary N) is 1. The molecule has 0 unspecified atom stereocenters. The van der Waals surface area contributed by atoms with E-state index in [0.717, 1.165) is 18.8 Å². The highest BCUT2D eigenvalue weighted by molar-refractivity contribution is 6.30. The second kappa shape index (κ2) is 10.7. The number of carbonyl (C=O) groups excluding carboxylic acids is 3. The number of rotatable bonds is 6. The van der Waals surface area contributed by atoms with Crippen molar-refractivity contribution >= 4 is 40.8 Å². The maximum Gasteiger partial charge on any atom is 0.309 e. The van der Waals surface area contributed by atoms with Crippen LogP contribution < -0.4 is 10.2 Å². The third-order valence-electron chi connectivity index (χ3n) is 6.17. The molecule has 0 aliphatic carbocycles. The molecule has 0 spiro atoms. The third kappa shape index (κ3) is 6.05. The first-order valence-corrected chi connectivity index (χ1v) is 11.7. The first-order chi connectivity index (χ1) is 16.0. The maximum absolute atomic E-state index is 12.6. The van der Waals surface area contributed by atoms with Crippen molar-refractivity contribution in [3.8, 4) is 0 Å². The zero-order chi connectivity index (χ0) is 23.2. The average Bonchev–Trinajstić information content (AvgIpc) is 3.38. The van der Waals surface area contributed by atoms with Crippen LogP contribution in [0.2, 0.25) is 5.02 Å². The van der Waals surface area contributed by atoms with Gasteiger partial charge in [-0.3, -0.25) is 14.4 Å². The standard InChI is InChI=1S/C25H28ClN3O4/c26-20-5-3-18(4-6-20)24(31)29-15-11-19(12-16-29)25(32)33-17-23(30)27-21-7-9-22(10-8-21)28-13-1-2-14-28/h3-10,19H,1-2,11-17H2,(H,27,30). The summed E-state index contributed by atoms with van der Waals surface area (Å²) in [7, 11) is 0. The number of likely N-dealkylation sites (tertiary alicyclic amines) is 1. The van der Waals surface area contributed by atoms with E-state index in [-0.39, 0.29) is 24.3 Å². The average molecular weight is 470 g/mol. The van der Waals surface area contributed by atoms with Gasteiger partial charge in [0.2, 0.25) is 0 Å². The molecular formula is C25H28ClN3O4. The van der Waals surface area contributed by atoms with E-state index in [1.54, 1.807) is 29.2 Å². The predicted molar refractivity (Wildman–Crippen MR) is 128 cm³/mol. The van der Waals surface area contributed by atoms with Gasteiger partial charge in [-0.15, -0.1) is 0 Å². The number of halogens is 1. The summed E-state index contributed by atoms with van der Waals surface area (Å²) in [5.41, 5.74) is 2.40. The molecule has 0 saturated carbocycles. The molecule has 0 aromatic heterocycles. The fraction of sp³-hybridized carbons (Fsp3) is 0.400. The molecule has 2 saturated heterocycles. The molecule has 0 atom stereocenters. The molecule has 0 bridgehead atoms. The van der Waals surface area contributed by atoms with Gasteiger partial charge >= 0.3 is 5.97 Å². The van der Waals surface area contributed by atoms with Crippen molar-refractivity contribution in [3.63, 3.8) is 0 Å². The molecule has 2 aliphatic heterocycles. The number of amides is 2. The van der Waals surface area contributed by atoms with Crippen LogP contribution >= 0.6 is 11.6 Å². The Morgan fingerprint density at radius 2 is 1.55 bits per heavy atom. The molecule has 0 radical (unpaired) electrons. The van der Waals surface area contributed by atoms with Crippen LogP contribution in [-0.2, 0) is 14.3 Å². The second-order valence-electron chi connectivity index (χ2n) is 8.47. The molecule has 2 aromatic rings. The van der Waals surface area contributed by atoms with Gasteiger partial charge in [0.25, 0.3) is 11.8 Å². The quantitative estimate of drug-likeness (QED) is 0.647. The minimum atomic E-state index is -0.395. The van der Waals surface area contributed by atoms with Crippen molar-refractivity contribution in [2.24, 2.45) is 5.92 Å². The molecule has 2 heterocycles. The zero-order valence-corrected chi connectivity index (χ0v) is 19.2. The van der Waals surface area contributed by atoms with Gasteiger partial charge in [0.15, 0.2) is 6.61 Å². The summed E-state index contributed by atoms with van der Waals surface area (Å²) in [5.74, 6) is -1.15. The van der Waals surface area contributed by atoms with E-state index in [4.69, 9.17) is 16.3 Å². The van der Waals surface area contributed by atoms with Crippen LogP contribution in [0.4, 0.5) is 11.4 Å². The van der Waals surface area contributed by atoms with Gasteiger partial charge in [-0.2, -0.15) is 0 Å². The summed E-state index contributed by atoms with van der Waals surface area (Å²) in [5, 5.41) is 3.34. The minimum Gasteiger partial charge on any atom is -0.455 e. The Balaban J connectivity index is 1.19. The van der Waals surface area contributed by atoms with Gasteiger partial charge < -0.3 is 19.9 Å². The third-order valence-corrected chi connectivity index (χ3v) is 6.43. The summed E-state index contributed by atoms with van der Waals surface area (Å²) < 4.78 is 5.24. The first kappa shape index (κ1) is 23.1. The lowest BCUT2D eigenvalue weighted by Gasteiger charge is -2.31. The Labute approximate surface area is 198 Å². The number of ether oxygens (including phenoxy) is 1. The van der Waals surface area contributed by atoms with E-state index in [1.165, 1.54) is 12.8 Å². The van der Waals surface area contributed by atoms with Crippen molar-refractivity contribution in [1.82, 2.24) is 4.90 Å². The van der Waals surface area contributed by atoms with E-state index in [9.17, 15) is 14.4 Å². The van der Waals surface area contributed by atoms with Crippen LogP contribution in [0.3, 0.4) is 0 Å². The summed E-state index contributed by atoms with van der Waals surface area (Å²) in [6, 6.07) is 14.5.